The van der Waals surface area contributed by atoms with Gasteiger partial charge >= 0.3 is 0 Å². The maximum absolute atomic E-state index is 2.45. The van der Waals surface area contributed by atoms with E-state index in [0.717, 1.165) is 23.7 Å². The molecule has 92 valence electrons. The summed E-state index contributed by atoms with van der Waals surface area (Å²) in [5.74, 6) is 3.61. The highest BCUT2D eigenvalue weighted by Crippen LogP contribution is 2.29. The van der Waals surface area contributed by atoms with Crippen LogP contribution in [0.5, 0.6) is 0 Å². The molecule has 0 aliphatic carbocycles. The summed E-state index contributed by atoms with van der Waals surface area (Å²) in [6.07, 6.45) is 6.89. The molecule has 0 spiro atoms. The van der Waals surface area contributed by atoms with E-state index < -0.39 is 0 Å². The average Bonchev–Trinajstić information content (AvgIpc) is 2.17. The van der Waals surface area contributed by atoms with Gasteiger partial charge in [0.25, 0.3) is 0 Å². The molecule has 0 nitrogen and oxygen atoms in total. The summed E-state index contributed by atoms with van der Waals surface area (Å²) in [6, 6.07) is 0. The molecule has 0 aromatic carbocycles. The van der Waals surface area contributed by atoms with Crippen molar-refractivity contribution in [2.24, 2.45) is 23.7 Å². The van der Waals surface area contributed by atoms with Gasteiger partial charge in [-0.2, -0.15) is 0 Å². The molecule has 15 heavy (non-hydrogen) atoms. The number of hydrogen-bond acceptors (Lipinski definition) is 0. The summed E-state index contributed by atoms with van der Waals surface area (Å²) in [6.45, 7) is 14.3. The minimum absolute atomic E-state index is 0.893. The van der Waals surface area contributed by atoms with Crippen LogP contribution < -0.4 is 0 Å². The van der Waals surface area contributed by atoms with E-state index in [1.165, 1.54) is 32.1 Å². The van der Waals surface area contributed by atoms with Gasteiger partial charge in [-0.25, -0.2) is 0 Å². The van der Waals surface area contributed by atoms with Gasteiger partial charge in [0.15, 0.2) is 0 Å². The van der Waals surface area contributed by atoms with Crippen LogP contribution in [0.2, 0.25) is 0 Å². The van der Waals surface area contributed by atoms with Crippen molar-refractivity contribution in [3.63, 3.8) is 0 Å². The Hall–Kier alpha value is 0. The molecule has 0 aliphatic rings. The van der Waals surface area contributed by atoms with E-state index in [-0.39, 0.29) is 0 Å². The number of hydrogen-bond donors (Lipinski definition) is 0. The van der Waals surface area contributed by atoms with Crippen LogP contribution in [0, 0.1) is 23.7 Å². The van der Waals surface area contributed by atoms with Crippen LogP contribution in [0.4, 0.5) is 0 Å². The summed E-state index contributed by atoms with van der Waals surface area (Å²) in [4.78, 5) is 0. The highest BCUT2D eigenvalue weighted by molar-refractivity contribution is 4.70. The van der Waals surface area contributed by atoms with Gasteiger partial charge in [-0.1, -0.05) is 67.2 Å². The van der Waals surface area contributed by atoms with Crippen LogP contribution in [0.3, 0.4) is 0 Å². The van der Waals surface area contributed by atoms with E-state index in [1.54, 1.807) is 0 Å². The predicted octanol–water partition coefficient (Wildman–Crippen LogP) is 5.52. The Morgan fingerprint density at radius 1 is 0.733 bits per heavy atom. The summed E-state index contributed by atoms with van der Waals surface area (Å²) in [5.41, 5.74) is 0. The molecule has 0 aromatic rings. The Bertz CT molecular complexity index is 139. The van der Waals surface area contributed by atoms with Gasteiger partial charge < -0.3 is 0 Å². The molecule has 0 heteroatoms. The zero-order chi connectivity index (χ0) is 11.8. The lowest BCUT2D eigenvalue weighted by atomic mass is 9.78. The second kappa shape index (κ2) is 8.19. The summed E-state index contributed by atoms with van der Waals surface area (Å²) >= 11 is 0. The second-order valence-corrected chi connectivity index (χ2v) is 5.73. The largest absolute Gasteiger partial charge is 0.0654 e. The fraction of sp³-hybridized carbons (Fsp3) is 1.00. The van der Waals surface area contributed by atoms with Gasteiger partial charge in [0.05, 0.1) is 0 Å². The molecule has 0 aliphatic heterocycles. The van der Waals surface area contributed by atoms with Crippen molar-refractivity contribution in [2.75, 3.05) is 0 Å². The Morgan fingerprint density at radius 2 is 1.27 bits per heavy atom. The Morgan fingerprint density at radius 3 is 1.73 bits per heavy atom. The lowest BCUT2D eigenvalue weighted by Crippen LogP contribution is -2.18. The van der Waals surface area contributed by atoms with Gasteiger partial charge in [0, 0.05) is 0 Å². The first-order chi connectivity index (χ1) is 7.02. The van der Waals surface area contributed by atoms with Crippen molar-refractivity contribution >= 4 is 0 Å². The van der Waals surface area contributed by atoms with Crippen molar-refractivity contribution in [3.05, 3.63) is 0 Å². The van der Waals surface area contributed by atoms with E-state index in [2.05, 4.69) is 41.5 Å². The highest BCUT2D eigenvalue weighted by Gasteiger charge is 2.19. The molecule has 0 saturated carbocycles. The molecule has 0 saturated heterocycles. The first kappa shape index (κ1) is 15.0. The van der Waals surface area contributed by atoms with Crippen molar-refractivity contribution in [1.82, 2.24) is 0 Å². The van der Waals surface area contributed by atoms with E-state index >= 15 is 0 Å². The third-order valence-corrected chi connectivity index (χ3v) is 4.09. The predicted molar refractivity (Wildman–Crippen MR) is 71.1 cm³/mol. The van der Waals surface area contributed by atoms with Crippen molar-refractivity contribution in [3.8, 4) is 0 Å². The van der Waals surface area contributed by atoms with Gasteiger partial charge in [-0.05, 0) is 30.1 Å². The molecular formula is C15H32. The van der Waals surface area contributed by atoms with Crippen LogP contribution >= 0.6 is 0 Å². The SMILES string of the molecule is CCCC(C)CC(C)C(C)C(C)CCC. The summed E-state index contributed by atoms with van der Waals surface area (Å²) < 4.78 is 0. The van der Waals surface area contributed by atoms with Gasteiger partial charge in [-0.3, -0.25) is 0 Å². The lowest BCUT2D eigenvalue weighted by Gasteiger charge is -2.28. The molecule has 0 fully saturated rings. The molecular weight excluding hydrogens is 180 g/mol. The van der Waals surface area contributed by atoms with Crippen LogP contribution in [0.25, 0.3) is 0 Å². The van der Waals surface area contributed by atoms with E-state index in [1.807, 2.05) is 0 Å². The smallest absolute Gasteiger partial charge is 0.0391 e. The minimum atomic E-state index is 0.893. The standard InChI is InChI=1S/C15H32/c1-7-9-12(3)11-14(5)15(6)13(4)10-8-2/h12-15H,7-11H2,1-6H3. The molecule has 0 amide bonds. The minimum Gasteiger partial charge on any atom is -0.0654 e. The third kappa shape index (κ3) is 6.22. The molecule has 4 atom stereocenters. The quantitative estimate of drug-likeness (QED) is 0.497. The van der Waals surface area contributed by atoms with E-state index in [0.29, 0.717) is 0 Å². The van der Waals surface area contributed by atoms with E-state index in [4.69, 9.17) is 0 Å². The van der Waals surface area contributed by atoms with Crippen molar-refractivity contribution in [2.45, 2.75) is 73.6 Å². The van der Waals surface area contributed by atoms with E-state index in [9.17, 15) is 0 Å². The third-order valence-electron chi connectivity index (χ3n) is 4.09. The van der Waals surface area contributed by atoms with Gasteiger partial charge in [0.2, 0.25) is 0 Å². The zero-order valence-corrected chi connectivity index (χ0v) is 11.8. The normalized spacial score (nSPS) is 19.6. The first-order valence-electron chi connectivity index (χ1n) is 7.02. The summed E-state index contributed by atoms with van der Waals surface area (Å²) in [5, 5.41) is 0. The van der Waals surface area contributed by atoms with Crippen LogP contribution in [-0.4, -0.2) is 0 Å². The maximum atomic E-state index is 2.45. The van der Waals surface area contributed by atoms with Crippen molar-refractivity contribution < 1.29 is 0 Å². The fourth-order valence-corrected chi connectivity index (χ4v) is 2.74. The first-order valence-corrected chi connectivity index (χ1v) is 7.02. The Balaban J connectivity index is 3.91. The number of rotatable bonds is 8. The maximum Gasteiger partial charge on any atom is -0.0391 e. The van der Waals surface area contributed by atoms with Gasteiger partial charge in [-0.15, -0.1) is 0 Å². The Kier molecular flexibility index (Phi) is 8.19. The molecule has 0 heterocycles. The van der Waals surface area contributed by atoms with Gasteiger partial charge in [0.1, 0.15) is 0 Å². The average molecular weight is 212 g/mol. The lowest BCUT2D eigenvalue weighted by molar-refractivity contribution is 0.226. The molecule has 0 radical (unpaired) electrons. The van der Waals surface area contributed by atoms with Crippen LogP contribution in [0.1, 0.15) is 73.6 Å². The topological polar surface area (TPSA) is 0 Å². The molecule has 0 N–H and O–H groups in total. The highest BCUT2D eigenvalue weighted by atomic mass is 14.3. The van der Waals surface area contributed by atoms with Crippen LogP contribution in [-0.2, 0) is 0 Å². The van der Waals surface area contributed by atoms with Crippen molar-refractivity contribution in [1.29, 1.82) is 0 Å². The zero-order valence-electron chi connectivity index (χ0n) is 11.8. The molecule has 0 rings (SSSR count). The molecule has 0 aromatic heterocycles. The van der Waals surface area contributed by atoms with Crippen LogP contribution in [0.15, 0.2) is 0 Å². The molecule has 4 unspecified atom stereocenters. The second-order valence-electron chi connectivity index (χ2n) is 5.73. The molecule has 0 bridgehead atoms. The fourth-order valence-electron chi connectivity index (χ4n) is 2.74. The summed E-state index contributed by atoms with van der Waals surface area (Å²) in [7, 11) is 0. The monoisotopic (exact) mass is 212 g/mol. The Labute approximate surface area is 97.8 Å².